The van der Waals surface area contributed by atoms with E-state index in [1.807, 2.05) is 6.07 Å². The molecular formula is C13H19NO. The van der Waals surface area contributed by atoms with Gasteiger partial charge in [-0.15, -0.1) is 0 Å². The summed E-state index contributed by atoms with van der Waals surface area (Å²) >= 11 is 0. The standard InChI is InChI=1S/C13H19NO/c1-13(2,3)12-14-11(9-15-12)10-7-5-4-6-8-10/h4-8,11-12,14H,9H2,1-3H3/t11-,12?/m0/s1. The molecule has 1 unspecified atom stereocenters. The maximum Gasteiger partial charge on any atom is 0.113 e. The lowest BCUT2D eigenvalue weighted by Crippen LogP contribution is -2.37. The molecule has 1 aromatic rings. The third kappa shape index (κ3) is 2.39. The third-order valence-electron chi connectivity index (χ3n) is 2.77. The lowest BCUT2D eigenvalue weighted by molar-refractivity contribution is 0.0173. The predicted octanol–water partition coefficient (Wildman–Crippen LogP) is 2.72. The van der Waals surface area contributed by atoms with E-state index in [1.165, 1.54) is 5.56 Å². The molecule has 1 saturated heterocycles. The van der Waals surface area contributed by atoms with Gasteiger partial charge in [-0.3, -0.25) is 5.32 Å². The van der Waals surface area contributed by atoms with Gasteiger partial charge in [0, 0.05) is 5.41 Å². The number of nitrogens with one attached hydrogen (secondary N) is 1. The molecule has 1 N–H and O–H groups in total. The summed E-state index contributed by atoms with van der Waals surface area (Å²) in [6.07, 6.45) is 0.155. The number of ether oxygens (including phenoxy) is 1. The van der Waals surface area contributed by atoms with Crippen LogP contribution >= 0.6 is 0 Å². The molecule has 2 nitrogen and oxygen atoms in total. The fourth-order valence-electron chi connectivity index (χ4n) is 1.85. The topological polar surface area (TPSA) is 21.3 Å². The largest absolute Gasteiger partial charge is 0.361 e. The zero-order valence-electron chi connectivity index (χ0n) is 9.66. The van der Waals surface area contributed by atoms with Gasteiger partial charge in [0.05, 0.1) is 12.6 Å². The first-order valence-electron chi connectivity index (χ1n) is 5.50. The van der Waals surface area contributed by atoms with Crippen molar-refractivity contribution in [1.29, 1.82) is 0 Å². The molecule has 15 heavy (non-hydrogen) atoms. The second kappa shape index (κ2) is 3.95. The Morgan fingerprint density at radius 3 is 2.40 bits per heavy atom. The van der Waals surface area contributed by atoms with Crippen molar-refractivity contribution < 1.29 is 4.74 Å². The number of hydrogen-bond acceptors (Lipinski definition) is 2. The van der Waals surface area contributed by atoms with Crippen LogP contribution in [0.3, 0.4) is 0 Å². The SMILES string of the molecule is CC(C)(C)C1N[C@H](c2ccccc2)CO1. The fraction of sp³-hybridized carbons (Fsp3) is 0.538. The second-order valence-corrected chi connectivity index (χ2v) is 5.21. The molecule has 1 aliphatic heterocycles. The number of hydrogen-bond donors (Lipinski definition) is 1. The van der Waals surface area contributed by atoms with Crippen molar-refractivity contribution in [3.05, 3.63) is 35.9 Å². The van der Waals surface area contributed by atoms with Crippen LogP contribution in [0.15, 0.2) is 30.3 Å². The van der Waals surface area contributed by atoms with Crippen LogP contribution in [0.4, 0.5) is 0 Å². The molecule has 0 bridgehead atoms. The molecule has 2 atom stereocenters. The van der Waals surface area contributed by atoms with Crippen LogP contribution in [0.1, 0.15) is 32.4 Å². The monoisotopic (exact) mass is 205 g/mol. The predicted molar refractivity (Wildman–Crippen MR) is 61.5 cm³/mol. The minimum Gasteiger partial charge on any atom is -0.361 e. The van der Waals surface area contributed by atoms with Gasteiger partial charge in [-0.1, -0.05) is 51.1 Å². The van der Waals surface area contributed by atoms with Gasteiger partial charge >= 0.3 is 0 Å². The molecule has 0 amide bonds. The molecule has 0 aromatic heterocycles. The van der Waals surface area contributed by atoms with E-state index >= 15 is 0 Å². The second-order valence-electron chi connectivity index (χ2n) is 5.21. The third-order valence-corrected chi connectivity index (χ3v) is 2.77. The summed E-state index contributed by atoms with van der Waals surface area (Å²) in [5.41, 5.74) is 1.47. The summed E-state index contributed by atoms with van der Waals surface area (Å²) in [6, 6.07) is 10.8. The Bertz CT molecular complexity index is 315. The van der Waals surface area contributed by atoms with Gasteiger partial charge in [-0.25, -0.2) is 0 Å². The Kier molecular flexibility index (Phi) is 2.81. The number of rotatable bonds is 1. The highest BCUT2D eigenvalue weighted by Gasteiger charge is 2.33. The van der Waals surface area contributed by atoms with Gasteiger partial charge in [-0.2, -0.15) is 0 Å². The molecular weight excluding hydrogens is 186 g/mol. The van der Waals surface area contributed by atoms with Crippen molar-refractivity contribution in [2.24, 2.45) is 5.41 Å². The van der Waals surface area contributed by atoms with E-state index in [4.69, 9.17) is 4.74 Å². The fourth-order valence-corrected chi connectivity index (χ4v) is 1.85. The Balaban J connectivity index is 2.05. The molecule has 1 heterocycles. The lowest BCUT2D eigenvalue weighted by atomic mass is 9.94. The van der Waals surface area contributed by atoms with Crippen LogP contribution in [-0.2, 0) is 4.74 Å². The molecule has 2 rings (SSSR count). The molecule has 1 aromatic carbocycles. The van der Waals surface area contributed by atoms with E-state index in [9.17, 15) is 0 Å². The first-order valence-corrected chi connectivity index (χ1v) is 5.50. The molecule has 0 radical (unpaired) electrons. The van der Waals surface area contributed by atoms with E-state index in [2.05, 4.69) is 50.4 Å². The van der Waals surface area contributed by atoms with Crippen LogP contribution < -0.4 is 5.32 Å². The molecule has 1 fully saturated rings. The van der Waals surface area contributed by atoms with Gasteiger partial charge in [-0.05, 0) is 5.56 Å². The Labute approximate surface area is 91.6 Å². The average molecular weight is 205 g/mol. The zero-order valence-corrected chi connectivity index (χ0v) is 9.66. The van der Waals surface area contributed by atoms with E-state index in [1.54, 1.807) is 0 Å². The average Bonchev–Trinajstić information content (AvgIpc) is 2.67. The maximum absolute atomic E-state index is 5.77. The summed E-state index contributed by atoms with van der Waals surface area (Å²) in [6.45, 7) is 7.35. The zero-order chi connectivity index (χ0) is 10.9. The van der Waals surface area contributed by atoms with E-state index in [-0.39, 0.29) is 11.6 Å². The Morgan fingerprint density at radius 2 is 1.87 bits per heavy atom. The van der Waals surface area contributed by atoms with Crippen molar-refractivity contribution in [2.75, 3.05) is 6.61 Å². The van der Waals surface area contributed by atoms with E-state index < -0.39 is 0 Å². The highest BCUT2D eigenvalue weighted by molar-refractivity contribution is 5.19. The number of benzene rings is 1. The first-order chi connectivity index (χ1) is 7.07. The summed E-state index contributed by atoms with van der Waals surface area (Å²) in [4.78, 5) is 0. The Hall–Kier alpha value is -0.860. The van der Waals surface area contributed by atoms with Crippen molar-refractivity contribution in [3.8, 4) is 0 Å². The molecule has 1 aliphatic rings. The van der Waals surface area contributed by atoms with Gasteiger partial charge in [0.2, 0.25) is 0 Å². The molecule has 0 spiro atoms. The van der Waals surface area contributed by atoms with Crippen molar-refractivity contribution in [1.82, 2.24) is 5.32 Å². The Morgan fingerprint density at radius 1 is 1.20 bits per heavy atom. The molecule has 0 aliphatic carbocycles. The van der Waals surface area contributed by atoms with E-state index in [0.29, 0.717) is 6.04 Å². The van der Waals surface area contributed by atoms with Crippen molar-refractivity contribution >= 4 is 0 Å². The van der Waals surface area contributed by atoms with E-state index in [0.717, 1.165) is 6.61 Å². The van der Waals surface area contributed by atoms with Crippen LogP contribution in [-0.4, -0.2) is 12.8 Å². The molecule has 2 heteroatoms. The summed E-state index contributed by atoms with van der Waals surface area (Å²) in [5, 5.41) is 3.52. The van der Waals surface area contributed by atoms with Crippen LogP contribution in [0.5, 0.6) is 0 Å². The highest BCUT2D eigenvalue weighted by Crippen LogP contribution is 2.29. The van der Waals surface area contributed by atoms with Gasteiger partial charge < -0.3 is 4.74 Å². The smallest absolute Gasteiger partial charge is 0.113 e. The maximum atomic E-state index is 5.77. The highest BCUT2D eigenvalue weighted by atomic mass is 16.5. The van der Waals surface area contributed by atoms with Gasteiger partial charge in [0.15, 0.2) is 0 Å². The van der Waals surface area contributed by atoms with Crippen LogP contribution in [0.2, 0.25) is 0 Å². The minimum absolute atomic E-state index is 0.155. The van der Waals surface area contributed by atoms with Crippen LogP contribution in [0, 0.1) is 5.41 Å². The van der Waals surface area contributed by atoms with Crippen molar-refractivity contribution in [2.45, 2.75) is 33.0 Å². The lowest BCUT2D eigenvalue weighted by Gasteiger charge is -2.26. The summed E-state index contributed by atoms with van der Waals surface area (Å²) < 4.78 is 5.77. The first kappa shape index (κ1) is 10.7. The van der Waals surface area contributed by atoms with Gasteiger partial charge in [0.25, 0.3) is 0 Å². The van der Waals surface area contributed by atoms with Crippen LogP contribution in [0.25, 0.3) is 0 Å². The van der Waals surface area contributed by atoms with Gasteiger partial charge in [0.1, 0.15) is 6.23 Å². The summed E-state index contributed by atoms with van der Waals surface area (Å²) in [7, 11) is 0. The minimum atomic E-state index is 0.155. The normalized spacial score (nSPS) is 26.9. The quantitative estimate of drug-likeness (QED) is 0.761. The van der Waals surface area contributed by atoms with Crippen molar-refractivity contribution in [3.63, 3.8) is 0 Å². The summed E-state index contributed by atoms with van der Waals surface area (Å²) in [5.74, 6) is 0. The molecule has 82 valence electrons. The molecule has 0 saturated carbocycles.